The largest absolute Gasteiger partial charge is 0.415 e. The number of nitrogens with one attached hydrogen (secondary N) is 1. The number of thioether (sulfide) groups is 1. The van der Waals surface area contributed by atoms with Crippen LogP contribution in [0.1, 0.15) is 11.1 Å². The van der Waals surface area contributed by atoms with Crippen molar-refractivity contribution in [2.45, 2.75) is 17.7 Å². The van der Waals surface area contributed by atoms with Crippen molar-refractivity contribution in [3.63, 3.8) is 0 Å². The first-order valence-electron chi connectivity index (χ1n) is 7.69. The molecule has 0 spiro atoms. The first-order chi connectivity index (χ1) is 12.5. The molecule has 0 radical (unpaired) electrons. The lowest BCUT2D eigenvalue weighted by atomic mass is 10.0. The molecule has 2 heterocycles. The smallest absolute Gasteiger partial charge is 0.258 e. The van der Waals surface area contributed by atoms with Gasteiger partial charge in [0, 0.05) is 17.1 Å². The number of hydrogen-bond acceptors (Lipinski definition) is 6. The van der Waals surface area contributed by atoms with E-state index in [0.717, 1.165) is 16.0 Å². The maximum atomic E-state index is 11.5. The van der Waals surface area contributed by atoms with E-state index >= 15 is 0 Å². The molecule has 134 valence electrons. The molecule has 1 aromatic carbocycles. The van der Waals surface area contributed by atoms with E-state index in [1.165, 1.54) is 10.3 Å². The lowest BCUT2D eigenvalue weighted by Crippen LogP contribution is -2.21. The zero-order chi connectivity index (χ0) is 18.7. The highest BCUT2D eigenvalue weighted by Crippen LogP contribution is 2.35. The number of aryl methyl sites for hydroxylation is 1. The highest BCUT2D eigenvalue weighted by Gasteiger charge is 2.18. The molecule has 0 bridgehead atoms. The molecule has 0 atom stereocenters. The second kappa shape index (κ2) is 8.07. The third kappa shape index (κ3) is 4.00. The van der Waals surface area contributed by atoms with Gasteiger partial charge in [0.25, 0.3) is 5.89 Å². The minimum atomic E-state index is -0.250. The summed E-state index contributed by atoms with van der Waals surface area (Å²) in [5.74, 6) is 0.580. The molecule has 0 saturated carbocycles. The Hall–Kier alpha value is -2.09. The van der Waals surface area contributed by atoms with Gasteiger partial charge >= 0.3 is 0 Å². The van der Waals surface area contributed by atoms with Crippen LogP contribution >= 0.6 is 34.7 Å². The van der Waals surface area contributed by atoms with Crippen molar-refractivity contribution in [1.82, 2.24) is 15.5 Å². The molecule has 0 aliphatic heterocycles. The van der Waals surface area contributed by atoms with E-state index in [9.17, 15) is 4.79 Å². The number of benzene rings is 1. The summed E-state index contributed by atoms with van der Waals surface area (Å²) in [5, 5.41) is 11.7. The van der Waals surface area contributed by atoms with Crippen LogP contribution in [0.4, 0.5) is 0 Å². The first kappa shape index (κ1) is 18.7. The summed E-state index contributed by atoms with van der Waals surface area (Å²) in [6.45, 7) is 5.70. The van der Waals surface area contributed by atoms with E-state index in [2.05, 4.69) is 22.1 Å². The fraction of sp³-hybridized carbons (Fsp3) is 0.167. The molecular weight excluding hydrogens is 390 g/mol. The second-order valence-electron chi connectivity index (χ2n) is 5.41. The standard InChI is InChI=1S/C18H16ClN3O2S2/c1-4-15(23)20-9-13-10(2)7-11(19)8-12(13)17-21-22-18(24-17)14-5-6-16(25-3)26-14/h4-8H,1,9H2,2-3H3,(H,20,23). The van der Waals surface area contributed by atoms with Crippen molar-refractivity contribution in [2.75, 3.05) is 6.26 Å². The third-order valence-corrected chi connectivity index (χ3v) is 6.09. The van der Waals surface area contributed by atoms with Crippen molar-refractivity contribution in [1.29, 1.82) is 0 Å². The first-order valence-corrected chi connectivity index (χ1v) is 10.1. The number of carbonyl (C=O) groups excluding carboxylic acids is 1. The van der Waals surface area contributed by atoms with Crippen molar-refractivity contribution in [2.24, 2.45) is 0 Å². The zero-order valence-corrected chi connectivity index (χ0v) is 16.6. The van der Waals surface area contributed by atoms with Gasteiger partial charge in [-0.05, 0) is 54.6 Å². The molecule has 0 fully saturated rings. The lowest BCUT2D eigenvalue weighted by molar-refractivity contribution is -0.116. The van der Waals surface area contributed by atoms with Gasteiger partial charge in [0.1, 0.15) is 0 Å². The Morgan fingerprint density at radius 2 is 2.15 bits per heavy atom. The van der Waals surface area contributed by atoms with Crippen LogP contribution in [0.3, 0.4) is 0 Å². The van der Waals surface area contributed by atoms with Crippen molar-refractivity contribution < 1.29 is 9.21 Å². The lowest BCUT2D eigenvalue weighted by Gasteiger charge is -2.11. The molecule has 26 heavy (non-hydrogen) atoms. The Morgan fingerprint density at radius 3 is 2.85 bits per heavy atom. The van der Waals surface area contributed by atoms with Gasteiger partial charge in [-0.1, -0.05) is 18.2 Å². The number of nitrogens with zero attached hydrogens (tertiary/aromatic N) is 2. The van der Waals surface area contributed by atoms with E-state index in [0.29, 0.717) is 28.9 Å². The predicted octanol–water partition coefficient (Wildman–Crippen LogP) is 4.95. The SMILES string of the molecule is C=CC(=O)NCc1c(C)cc(Cl)cc1-c1nnc(-c2ccc(SC)s2)o1. The Bertz CT molecular complexity index is 965. The Kier molecular flexibility index (Phi) is 5.80. The summed E-state index contributed by atoms with van der Waals surface area (Å²) in [4.78, 5) is 12.4. The monoisotopic (exact) mass is 405 g/mol. The van der Waals surface area contributed by atoms with Gasteiger partial charge in [0.05, 0.1) is 9.09 Å². The van der Waals surface area contributed by atoms with Gasteiger partial charge in [-0.3, -0.25) is 4.79 Å². The van der Waals surface area contributed by atoms with Crippen LogP contribution in [0, 0.1) is 6.92 Å². The highest BCUT2D eigenvalue weighted by molar-refractivity contribution is 8.00. The minimum Gasteiger partial charge on any atom is -0.415 e. The quantitative estimate of drug-likeness (QED) is 0.464. The summed E-state index contributed by atoms with van der Waals surface area (Å²) >= 11 is 9.48. The summed E-state index contributed by atoms with van der Waals surface area (Å²) in [5.41, 5.74) is 2.51. The number of thiophene rings is 1. The molecule has 8 heteroatoms. The average molecular weight is 406 g/mol. The number of carbonyl (C=O) groups is 1. The summed E-state index contributed by atoms with van der Waals surface area (Å²) < 4.78 is 7.06. The van der Waals surface area contributed by atoms with E-state index in [1.807, 2.05) is 31.4 Å². The topological polar surface area (TPSA) is 68.0 Å². The highest BCUT2D eigenvalue weighted by atomic mass is 35.5. The average Bonchev–Trinajstić information content (AvgIpc) is 3.28. The maximum absolute atomic E-state index is 11.5. The van der Waals surface area contributed by atoms with Gasteiger partial charge in [-0.15, -0.1) is 33.3 Å². The molecule has 0 unspecified atom stereocenters. The molecule has 2 aromatic heterocycles. The molecular formula is C18H16ClN3O2S2. The van der Waals surface area contributed by atoms with Crippen LogP contribution in [-0.2, 0) is 11.3 Å². The van der Waals surface area contributed by atoms with Gasteiger partial charge in [-0.25, -0.2) is 0 Å². The van der Waals surface area contributed by atoms with Crippen molar-refractivity contribution >= 4 is 40.6 Å². The zero-order valence-electron chi connectivity index (χ0n) is 14.2. The number of aromatic nitrogens is 2. The van der Waals surface area contributed by atoms with Crippen LogP contribution in [-0.4, -0.2) is 22.4 Å². The maximum Gasteiger partial charge on any atom is 0.258 e. The number of amides is 1. The van der Waals surface area contributed by atoms with Gasteiger partial charge in [-0.2, -0.15) is 0 Å². The van der Waals surface area contributed by atoms with Crippen LogP contribution in [0.25, 0.3) is 22.2 Å². The number of rotatable bonds is 6. The minimum absolute atomic E-state index is 0.250. The fourth-order valence-electron chi connectivity index (χ4n) is 2.42. The molecule has 1 amide bonds. The Morgan fingerprint density at radius 1 is 1.38 bits per heavy atom. The number of halogens is 1. The van der Waals surface area contributed by atoms with E-state index in [-0.39, 0.29) is 5.91 Å². The molecule has 5 nitrogen and oxygen atoms in total. The van der Waals surface area contributed by atoms with Gasteiger partial charge in [0.2, 0.25) is 11.8 Å². The summed E-state index contributed by atoms with van der Waals surface area (Å²) in [7, 11) is 0. The number of hydrogen-bond donors (Lipinski definition) is 1. The summed E-state index contributed by atoms with van der Waals surface area (Å²) in [6.07, 6.45) is 3.25. The molecule has 0 aliphatic carbocycles. The summed E-state index contributed by atoms with van der Waals surface area (Å²) in [6, 6.07) is 7.58. The van der Waals surface area contributed by atoms with Crippen LogP contribution in [0.2, 0.25) is 5.02 Å². The molecule has 0 aliphatic rings. The molecule has 3 rings (SSSR count). The Balaban J connectivity index is 1.97. The third-order valence-electron chi connectivity index (χ3n) is 3.71. The molecule has 0 saturated heterocycles. The van der Waals surface area contributed by atoms with E-state index in [1.54, 1.807) is 29.2 Å². The molecule has 3 aromatic rings. The van der Waals surface area contributed by atoms with Crippen LogP contribution < -0.4 is 5.32 Å². The van der Waals surface area contributed by atoms with Crippen molar-refractivity contribution in [3.05, 3.63) is 53.1 Å². The van der Waals surface area contributed by atoms with Crippen LogP contribution in [0.5, 0.6) is 0 Å². The predicted molar refractivity (Wildman–Crippen MR) is 107 cm³/mol. The normalized spacial score (nSPS) is 10.7. The van der Waals surface area contributed by atoms with Gasteiger partial charge in [0.15, 0.2) is 0 Å². The second-order valence-corrected chi connectivity index (χ2v) is 8.03. The van der Waals surface area contributed by atoms with E-state index < -0.39 is 0 Å². The van der Waals surface area contributed by atoms with Crippen LogP contribution in [0.15, 0.2) is 45.5 Å². The van der Waals surface area contributed by atoms with Crippen molar-refractivity contribution in [3.8, 4) is 22.2 Å². The fourth-order valence-corrected chi connectivity index (χ4v) is 4.16. The molecule has 1 N–H and O–H groups in total. The van der Waals surface area contributed by atoms with E-state index in [4.69, 9.17) is 16.0 Å². The Labute approximate surface area is 164 Å². The van der Waals surface area contributed by atoms with Gasteiger partial charge < -0.3 is 9.73 Å².